The maximum atomic E-state index is 13.2. The molecule has 0 aliphatic heterocycles. The van der Waals surface area contributed by atoms with Crippen LogP contribution in [0.4, 0.5) is 4.39 Å². The Morgan fingerprint density at radius 1 is 1.11 bits per heavy atom. The van der Waals surface area contributed by atoms with E-state index in [1.165, 1.54) is 43.2 Å². The van der Waals surface area contributed by atoms with Crippen molar-refractivity contribution in [1.29, 1.82) is 0 Å². The van der Waals surface area contributed by atoms with Gasteiger partial charge >= 0.3 is 0 Å². The molecule has 104 valence electrons. The number of aryl methyl sites for hydroxylation is 1. The van der Waals surface area contributed by atoms with Crippen molar-refractivity contribution < 1.29 is 4.39 Å². The molecule has 2 heteroatoms. The zero-order chi connectivity index (χ0) is 13.2. The van der Waals surface area contributed by atoms with E-state index in [0.717, 1.165) is 18.8 Å². The zero-order valence-corrected chi connectivity index (χ0v) is 11.8. The van der Waals surface area contributed by atoms with Gasteiger partial charge in [-0.25, -0.2) is 4.39 Å². The lowest BCUT2D eigenvalue weighted by Gasteiger charge is -2.27. The molecule has 0 saturated heterocycles. The van der Waals surface area contributed by atoms with E-state index < -0.39 is 0 Å². The third-order valence-corrected chi connectivity index (χ3v) is 4.96. The van der Waals surface area contributed by atoms with E-state index >= 15 is 0 Å². The molecule has 0 spiro atoms. The van der Waals surface area contributed by atoms with Crippen molar-refractivity contribution in [2.45, 2.75) is 64.0 Å². The quantitative estimate of drug-likeness (QED) is 0.779. The highest BCUT2D eigenvalue weighted by molar-refractivity contribution is 5.35. The third-order valence-electron chi connectivity index (χ3n) is 4.96. The molecule has 0 aromatic heterocycles. The average molecular weight is 261 g/mol. The zero-order valence-electron chi connectivity index (χ0n) is 11.8. The maximum Gasteiger partial charge on any atom is 0.123 e. The van der Waals surface area contributed by atoms with E-state index in [1.54, 1.807) is 12.1 Å². The number of hydrogen-bond acceptors (Lipinski definition) is 1. The summed E-state index contributed by atoms with van der Waals surface area (Å²) in [6.45, 7) is 2.38. The minimum absolute atomic E-state index is 0.0952. The smallest absolute Gasteiger partial charge is 0.123 e. The summed E-state index contributed by atoms with van der Waals surface area (Å²) >= 11 is 0. The van der Waals surface area contributed by atoms with Gasteiger partial charge in [-0.15, -0.1) is 0 Å². The summed E-state index contributed by atoms with van der Waals surface area (Å²) in [4.78, 5) is 0. The Bertz CT molecular complexity index is 443. The van der Waals surface area contributed by atoms with Crippen LogP contribution in [-0.2, 0) is 6.42 Å². The molecule has 1 N–H and O–H groups in total. The SMILES string of the molecule is CC1CCCCCC1NC1CCc2cc(F)ccc21. The van der Waals surface area contributed by atoms with Gasteiger partial charge in [0.2, 0.25) is 0 Å². The lowest BCUT2D eigenvalue weighted by atomic mass is 9.95. The van der Waals surface area contributed by atoms with E-state index in [0.29, 0.717) is 12.1 Å². The van der Waals surface area contributed by atoms with Gasteiger partial charge in [0.15, 0.2) is 0 Å². The topological polar surface area (TPSA) is 12.0 Å². The van der Waals surface area contributed by atoms with Crippen LogP contribution < -0.4 is 5.32 Å². The molecule has 0 amide bonds. The molecule has 1 aromatic rings. The summed E-state index contributed by atoms with van der Waals surface area (Å²) in [5, 5.41) is 3.86. The Hall–Kier alpha value is -0.890. The lowest BCUT2D eigenvalue weighted by Crippen LogP contribution is -2.36. The second-order valence-electron chi connectivity index (χ2n) is 6.32. The molecule has 0 heterocycles. The molecule has 1 nitrogen and oxygen atoms in total. The molecule has 3 unspecified atom stereocenters. The van der Waals surface area contributed by atoms with Crippen LogP contribution in [0.5, 0.6) is 0 Å². The molecule has 3 rings (SSSR count). The Morgan fingerprint density at radius 3 is 2.84 bits per heavy atom. The number of fused-ring (bicyclic) bond motifs is 1. The van der Waals surface area contributed by atoms with Crippen LogP contribution in [-0.4, -0.2) is 6.04 Å². The van der Waals surface area contributed by atoms with E-state index in [9.17, 15) is 4.39 Å². The molecule has 1 saturated carbocycles. The van der Waals surface area contributed by atoms with Gasteiger partial charge < -0.3 is 5.32 Å². The van der Waals surface area contributed by atoms with Gasteiger partial charge in [0, 0.05) is 12.1 Å². The standard InChI is InChI=1S/C17H24FN/c1-12-5-3-2-4-6-16(12)19-17-10-7-13-11-14(18)8-9-15(13)17/h8-9,11-12,16-17,19H,2-7,10H2,1H3. The van der Waals surface area contributed by atoms with Gasteiger partial charge in [0.05, 0.1) is 0 Å². The minimum Gasteiger partial charge on any atom is -0.307 e. The highest BCUT2D eigenvalue weighted by Crippen LogP contribution is 2.34. The van der Waals surface area contributed by atoms with E-state index in [-0.39, 0.29) is 5.82 Å². The van der Waals surface area contributed by atoms with Gasteiger partial charge in [0.1, 0.15) is 5.82 Å². The van der Waals surface area contributed by atoms with Crippen LogP contribution in [0.25, 0.3) is 0 Å². The molecule has 0 radical (unpaired) electrons. The lowest BCUT2D eigenvalue weighted by molar-refractivity contribution is 0.321. The number of nitrogens with one attached hydrogen (secondary N) is 1. The summed E-state index contributed by atoms with van der Waals surface area (Å²) in [6, 6.07) is 6.39. The Kier molecular flexibility index (Phi) is 3.88. The van der Waals surface area contributed by atoms with Crippen molar-refractivity contribution >= 4 is 0 Å². The van der Waals surface area contributed by atoms with Crippen molar-refractivity contribution in [2.75, 3.05) is 0 Å². The Labute approximate surface area is 115 Å². The average Bonchev–Trinajstić information content (AvgIpc) is 2.67. The number of benzene rings is 1. The van der Waals surface area contributed by atoms with Crippen molar-refractivity contribution in [3.8, 4) is 0 Å². The first-order valence-corrected chi connectivity index (χ1v) is 7.78. The van der Waals surface area contributed by atoms with Gasteiger partial charge in [-0.3, -0.25) is 0 Å². The minimum atomic E-state index is -0.0952. The number of rotatable bonds is 2. The molecule has 0 bridgehead atoms. The summed E-state index contributed by atoms with van der Waals surface area (Å²) in [7, 11) is 0. The molecule has 2 aliphatic rings. The van der Waals surface area contributed by atoms with Gasteiger partial charge in [-0.1, -0.05) is 32.3 Å². The predicted molar refractivity (Wildman–Crippen MR) is 76.6 cm³/mol. The highest BCUT2D eigenvalue weighted by atomic mass is 19.1. The van der Waals surface area contributed by atoms with Crippen LogP contribution in [0.1, 0.15) is 62.6 Å². The second kappa shape index (κ2) is 5.62. The van der Waals surface area contributed by atoms with Gasteiger partial charge in [-0.05, 0) is 54.9 Å². The summed E-state index contributed by atoms with van der Waals surface area (Å²) in [5.41, 5.74) is 2.54. The first-order chi connectivity index (χ1) is 9.24. The normalized spacial score (nSPS) is 30.9. The fraction of sp³-hybridized carbons (Fsp3) is 0.647. The van der Waals surface area contributed by atoms with Crippen molar-refractivity contribution in [1.82, 2.24) is 5.32 Å². The summed E-state index contributed by atoms with van der Waals surface area (Å²) in [6.07, 6.45) is 8.91. The molecule has 1 aromatic carbocycles. The fourth-order valence-corrected chi connectivity index (χ4v) is 3.76. The third kappa shape index (κ3) is 2.84. The molecular weight excluding hydrogens is 237 g/mol. The van der Waals surface area contributed by atoms with Crippen LogP contribution in [0.15, 0.2) is 18.2 Å². The van der Waals surface area contributed by atoms with Crippen molar-refractivity contribution in [3.05, 3.63) is 35.1 Å². The fourth-order valence-electron chi connectivity index (χ4n) is 3.76. The van der Waals surface area contributed by atoms with E-state index in [1.807, 2.05) is 6.07 Å². The van der Waals surface area contributed by atoms with Crippen LogP contribution >= 0.6 is 0 Å². The Balaban J connectivity index is 1.71. The molecule has 2 aliphatic carbocycles. The molecule has 3 atom stereocenters. The maximum absolute atomic E-state index is 13.2. The van der Waals surface area contributed by atoms with Crippen LogP contribution in [0, 0.1) is 11.7 Å². The van der Waals surface area contributed by atoms with Crippen molar-refractivity contribution in [3.63, 3.8) is 0 Å². The second-order valence-corrected chi connectivity index (χ2v) is 6.32. The molecular formula is C17H24FN. The first-order valence-electron chi connectivity index (χ1n) is 7.78. The number of halogens is 1. The monoisotopic (exact) mass is 261 g/mol. The van der Waals surface area contributed by atoms with Crippen molar-refractivity contribution in [2.24, 2.45) is 5.92 Å². The molecule has 19 heavy (non-hydrogen) atoms. The molecule has 1 fully saturated rings. The number of hydrogen-bond donors (Lipinski definition) is 1. The first kappa shape index (κ1) is 13.1. The van der Waals surface area contributed by atoms with Crippen LogP contribution in [0.3, 0.4) is 0 Å². The highest BCUT2D eigenvalue weighted by Gasteiger charge is 2.27. The van der Waals surface area contributed by atoms with E-state index in [4.69, 9.17) is 0 Å². The van der Waals surface area contributed by atoms with Gasteiger partial charge in [0.25, 0.3) is 0 Å². The van der Waals surface area contributed by atoms with Gasteiger partial charge in [-0.2, -0.15) is 0 Å². The summed E-state index contributed by atoms with van der Waals surface area (Å²) < 4.78 is 13.2. The largest absolute Gasteiger partial charge is 0.307 e. The predicted octanol–water partition coefficient (Wildman–Crippen LogP) is 4.37. The van der Waals surface area contributed by atoms with E-state index in [2.05, 4.69) is 12.2 Å². The Morgan fingerprint density at radius 2 is 1.95 bits per heavy atom. The van der Waals surface area contributed by atoms with Crippen LogP contribution in [0.2, 0.25) is 0 Å². The summed E-state index contributed by atoms with van der Waals surface area (Å²) in [5.74, 6) is 0.675.